The molecular weight excluding hydrogens is 384 g/mol. The van der Waals surface area contributed by atoms with Gasteiger partial charge in [-0.2, -0.15) is 0 Å². The van der Waals surface area contributed by atoms with E-state index >= 15 is 0 Å². The van der Waals surface area contributed by atoms with Gasteiger partial charge in [0, 0.05) is 31.1 Å². The van der Waals surface area contributed by atoms with Crippen LogP contribution in [0.1, 0.15) is 22.2 Å². The van der Waals surface area contributed by atoms with Crippen molar-refractivity contribution in [1.29, 1.82) is 0 Å². The van der Waals surface area contributed by atoms with Crippen LogP contribution >= 0.6 is 11.3 Å². The van der Waals surface area contributed by atoms with Gasteiger partial charge in [-0.3, -0.25) is 4.79 Å². The minimum atomic E-state index is -3.81. The minimum absolute atomic E-state index is 0.0158. The monoisotopic (exact) mass is 402 g/mol. The first-order valence-corrected chi connectivity index (χ1v) is 10.9. The fourth-order valence-corrected chi connectivity index (χ4v) is 5.51. The highest BCUT2D eigenvalue weighted by molar-refractivity contribution is 7.91. The predicted molar refractivity (Wildman–Crippen MR) is 95.7 cm³/mol. The third-order valence-electron chi connectivity index (χ3n) is 3.36. The average Bonchev–Trinajstić information content (AvgIpc) is 3.03. The number of thiophene rings is 1. The van der Waals surface area contributed by atoms with Crippen LogP contribution in [0.2, 0.25) is 0 Å². The number of sulfonamides is 2. The third-order valence-corrected chi connectivity index (χ3v) is 8.13. The number of hydrogen-bond donors (Lipinski definition) is 1. The number of rotatable bonds is 7. The molecule has 1 heterocycles. The standard InChI is InChI=1S/C15H18N2O5S3/c1-11(18)12-5-4-6-14(9-12)24(19,20)16-10-13-7-8-15(23-13)25(21,22)17(2)3/h4-9,16H,10H2,1-3H3. The van der Waals surface area contributed by atoms with Crippen molar-refractivity contribution in [2.75, 3.05) is 14.1 Å². The van der Waals surface area contributed by atoms with Crippen LogP contribution in [-0.2, 0) is 26.6 Å². The van der Waals surface area contributed by atoms with E-state index in [0.29, 0.717) is 10.4 Å². The van der Waals surface area contributed by atoms with Crippen LogP contribution < -0.4 is 4.72 Å². The Morgan fingerprint density at radius 2 is 1.80 bits per heavy atom. The summed E-state index contributed by atoms with van der Waals surface area (Å²) in [5.74, 6) is -0.228. The molecule has 0 saturated carbocycles. The number of hydrogen-bond acceptors (Lipinski definition) is 6. The normalized spacial score (nSPS) is 12.5. The molecule has 10 heteroatoms. The number of carbonyl (C=O) groups excluding carboxylic acids is 1. The Hall–Kier alpha value is -1.59. The maximum Gasteiger partial charge on any atom is 0.252 e. The lowest BCUT2D eigenvalue weighted by molar-refractivity contribution is 0.101. The molecule has 0 aliphatic carbocycles. The quantitative estimate of drug-likeness (QED) is 0.710. The highest BCUT2D eigenvalue weighted by Gasteiger charge is 2.20. The van der Waals surface area contributed by atoms with Gasteiger partial charge in [0.05, 0.1) is 4.90 Å². The van der Waals surface area contributed by atoms with Crippen molar-refractivity contribution in [2.24, 2.45) is 0 Å². The van der Waals surface area contributed by atoms with Crippen LogP contribution in [0.25, 0.3) is 0 Å². The number of carbonyl (C=O) groups is 1. The van der Waals surface area contributed by atoms with Gasteiger partial charge in [-0.05, 0) is 31.2 Å². The zero-order valence-corrected chi connectivity index (χ0v) is 16.3. The molecule has 2 aromatic rings. The Balaban J connectivity index is 2.17. The molecule has 136 valence electrons. The summed E-state index contributed by atoms with van der Waals surface area (Å²) in [6.45, 7) is 1.32. The lowest BCUT2D eigenvalue weighted by atomic mass is 10.2. The van der Waals surface area contributed by atoms with Gasteiger partial charge in [-0.1, -0.05) is 12.1 Å². The van der Waals surface area contributed by atoms with Crippen molar-refractivity contribution >= 4 is 37.2 Å². The highest BCUT2D eigenvalue weighted by atomic mass is 32.2. The molecule has 1 aromatic heterocycles. The van der Waals surface area contributed by atoms with Crippen molar-refractivity contribution in [3.8, 4) is 0 Å². The maximum atomic E-state index is 12.3. The zero-order valence-electron chi connectivity index (χ0n) is 13.9. The highest BCUT2D eigenvalue weighted by Crippen LogP contribution is 2.24. The van der Waals surface area contributed by atoms with Gasteiger partial charge in [0.1, 0.15) is 4.21 Å². The summed E-state index contributed by atoms with van der Waals surface area (Å²) in [7, 11) is -4.49. The summed E-state index contributed by atoms with van der Waals surface area (Å²) in [4.78, 5) is 11.9. The molecule has 1 N–H and O–H groups in total. The Morgan fingerprint density at radius 1 is 1.12 bits per heavy atom. The van der Waals surface area contributed by atoms with Crippen molar-refractivity contribution in [3.63, 3.8) is 0 Å². The average molecular weight is 403 g/mol. The van der Waals surface area contributed by atoms with E-state index in [9.17, 15) is 21.6 Å². The van der Waals surface area contributed by atoms with Gasteiger partial charge in [0.2, 0.25) is 10.0 Å². The van der Waals surface area contributed by atoms with Crippen LogP contribution in [0, 0.1) is 0 Å². The van der Waals surface area contributed by atoms with Gasteiger partial charge in [-0.25, -0.2) is 25.9 Å². The molecule has 7 nitrogen and oxygen atoms in total. The molecule has 0 spiro atoms. The van der Waals surface area contributed by atoms with E-state index in [0.717, 1.165) is 15.6 Å². The molecule has 0 aliphatic rings. The van der Waals surface area contributed by atoms with Gasteiger partial charge >= 0.3 is 0 Å². The summed E-state index contributed by atoms with van der Waals surface area (Å²) < 4.78 is 52.4. The summed E-state index contributed by atoms with van der Waals surface area (Å²) in [6, 6.07) is 8.75. The van der Waals surface area contributed by atoms with Crippen LogP contribution in [0.5, 0.6) is 0 Å². The molecule has 2 rings (SSSR count). The lowest BCUT2D eigenvalue weighted by Gasteiger charge is -2.08. The number of benzene rings is 1. The van der Waals surface area contributed by atoms with Crippen molar-refractivity contribution < 1.29 is 21.6 Å². The largest absolute Gasteiger partial charge is 0.295 e. The zero-order chi connectivity index (χ0) is 18.8. The molecule has 1 aromatic carbocycles. The SMILES string of the molecule is CC(=O)c1cccc(S(=O)(=O)NCc2ccc(S(=O)(=O)N(C)C)s2)c1. The first-order valence-electron chi connectivity index (χ1n) is 7.16. The number of nitrogens with zero attached hydrogens (tertiary/aromatic N) is 1. The Morgan fingerprint density at radius 3 is 2.40 bits per heavy atom. The Bertz CT molecular complexity index is 992. The van der Waals surface area contributed by atoms with Crippen LogP contribution in [0.3, 0.4) is 0 Å². The van der Waals surface area contributed by atoms with Gasteiger partial charge in [-0.15, -0.1) is 11.3 Å². The lowest BCUT2D eigenvalue weighted by Crippen LogP contribution is -2.23. The summed E-state index contributed by atoms with van der Waals surface area (Å²) >= 11 is 1.00. The Labute approximate surface area is 151 Å². The van der Waals surface area contributed by atoms with Crippen molar-refractivity contribution in [1.82, 2.24) is 9.03 Å². The Kier molecular flexibility index (Phi) is 5.79. The molecule has 0 aliphatic heterocycles. The second-order valence-corrected chi connectivity index (χ2v) is 10.7. The van der Waals surface area contributed by atoms with E-state index in [4.69, 9.17) is 0 Å². The second-order valence-electron chi connectivity index (χ2n) is 5.42. The van der Waals surface area contributed by atoms with Gasteiger partial charge in [0.25, 0.3) is 10.0 Å². The number of Topliss-reactive ketones (excluding diaryl/α,β-unsaturated/α-hetero) is 1. The molecule has 0 atom stereocenters. The van der Waals surface area contributed by atoms with Crippen molar-refractivity contribution in [3.05, 3.63) is 46.8 Å². The van der Waals surface area contributed by atoms with Crippen LogP contribution in [0.15, 0.2) is 45.5 Å². The fourth-order valence-electron chi connectivity index (χ4n) is 1.90. The first-order chi connectivity index (χ1) is 11.5. The van der Waals surface area contributed by atoms with E-state index in [1.165, 1.54) is 45.3 Å². The van der Waals surface area contributed by atoms with E-state index < -0.39 is 20.0 Å². The van der Waals surface area contributed by atoms with Crippen LogP contribution in [-0.4, -0.2) is 41.0 Å². The smallest absolute Gasteiger partial charge is 0.252 e. The summed E-state index contributed by atoms with van der Waals surface area (Å²) in [5.41, 5.74) is 0.304. The molecule has 0 bridgehead atoms. The second kappa shape index (κ2) is 7.34. The fraction of sp³-hybridized carbons (Fsp3) is 0.267. The van der Waals surface area contributed by atoms with E-state index in [2.05, 4.69) is 4.72 Å². The molecule has 0 radical (unpaired) electrons. The van der Waals surface area contributed by atoms with E-state index in [-0.39, 0.29) is 21.4 Å². The van der Waals surface area contributed by atoms with E-state index in [1.54, 1.807) is 12.1 Å². The number of ketones is 1. The minimum Gasteiger partial charge on any atom is -0.295 e. The number of nitrogens with one attached hydrogen (secondary N) is 1. The molecule has 25 heavy (non-hydrogen) atoms. The third kappa shape index (κ3) is 4.53. The molecular formula is C15H18N2O5S3. The molecule has 0 unspecified atom stereocenters. The van der Waals surface area contributed by atoms with Gasteiger partial charge < -0.3 is 0 Å². The topological polar surface area (TPSA) is 101 Å². The van der Waals surface area contributed by atoms with Crippen molar-refractivity contribution in [2.45, 2.75) is 22.6 Å². The summed E-state index contributed by atoms with van der Waals surface area (Å²) in [6.07, 6.45) is 0. The maximum absolute atomic E-state index is 12.3. The summed E-state index contributed by atoms with van der Waals surface area (Å²) in [5, 5.41) is 0. The first kappa shape index (κ1) is 19.7. The van der Waals surface area contributed by atoms with Gasteiger partial charge in [0.15, 0.2) is 5.78 Å². The van der Waals surface area contributed by atoms with Crippen LogP contribution in [0.4, 0.5) is 0 Å². The molecule has 0 amide bonds. The predicted octanol–water partition coefficient (Wildman–Crippen LogP) is 1.68. The molecule has 0 fully saturated rings. The molecule has 0 saturated heterocycles. The van der Waals surface area contributed by atoms with E-state index in [1.807, 2.05) is 0 Å².